The largest absolute Gasteiger partial charge is 0.462 e. The smallest absolute Gasteiger partial charge is 0.306 e. The van der Waals surface area contributed by atoms with E-state index in [1.807, 2.05) is 0 Å². The molecule has 0 saturated carbocycles. The zero-order valence-electron chi connectivity index (χ0n) is 50.2. The summed E-state index contributed by atoms with van der Waals surface area (Å²) in [4.78, 5) is 38.0. The number of unbranched alkanes of at least 4 members (excludes halogenated alkanes) is 26. The van der Waals surface area contributed by atoms with Crippen molar-refractivity contribution in [1.82, 2.24) is 0 Å². The van der Waals surface area contributed by atoms with Crippen molar-refractivity contribution in [3.05, 3.63) is 122 Å². The molecule has 0 fully saturated rings. The number of ether oxygens (including phenoxy) is 3. The molecular formula is C71H118O6. The molecule has 0 aromatic rings. The Balaban J connectivity index is 4.07. The highest BCUT2D eigenvalue weighted by atomic mass is 16.6. The third-order valence-electron chi connectivity index (χ3n) is 13.5. The van der Waals surface area contributed by atoms with Crippen LogP contribution in [0, 0.1) is 0 Å². The Hall–Kier alpha value is -4.19. The van der Waals surface area contributed by atoms with Gasteiger partial charge in [-0.05, 0) is 109 Å². The van der Waals surface area contributed by atoms with Crippen molar-refractivity contribution in [2.24, 2.45) is 0 Å². The van der Waals surface area contributed by atoms with Gasteiger partial charge in [-0.15, -0.1) is 0 Å². The zero-order chi connectivity index (χ0) is 55.7. The summed E-state index contributed by atoms with van der Waals surface area (Å²) in [5.74, 6) is -0.897. The van der Waals surface area contributed by atoms with E-state index < -0.39 is 6.10 Å². The van der Waals surface area contributed by atoms with Crippen LogP contribution in [0.4, 0.5) is 0 Å². The molecule has 0 aromatic carbocycles. The minimum Gasteiger partial charge on any atom is -0.462 e. The molecule has 1 atom stereocenters. The fourth-order valence-electron chi connectivity index (χ4n) is 8.73. The summed E-state index contributed by atoms with van der Waals surface area (Å²) in [5.41, 5.74) is 0. The van der Waals surface area contributed by atoms with Gasteiger partial charge in [0.05, 0.1) is 0 Å². The van der Waals surface area contributed by atoms with E-state index in [2.05, 4.69) is 142 Å². The molecule has 1 unspecified atom stereocenters. The van der Waals surface area contributed by atoms with Crippen molar-refractivity contribution in [3.8, 4) is 0 Å². The number of allylic oxidation sites excluding steroid dienone is 20. The minimum atomic E-state index is -0.780. The SMILES string of the molecule is CC/C=C\C/C=C\C/C=C\C/C=C\C/C=C\CCCCCCCCCCCCCC(=O)OCC(COC(=O)CCCCCCC)OC(=O)CCCCCCCCCCCCC/C=C\C/C=C\C/C=C\C/C=C\C/C=C\CC. The monoisotopic (exact) mass is 1070 g/mol. The summed E-state index contributed by atoms with van der Waals surface area (Å²) in [6, 6.07) is 0. The van der Waals surface area contributed by atoms with Crippen LogP contribution in [0.3, 0.4) is 0 Å². The summed E-state index contributed by atoms with van der Waals surface area (Å²) >= 11 is 0. The molecule has 0 spiro atoms. The summed E-state index contributed by atoms with van der Waals surface area (Å²) in [6.07, 6.45) is 89.7. The van der Waals surface area contributed by atoms with Gasteiger partial charge in [0.25, 0.3) is 0 Å². The van der Waals surface area contributed by atoms with Crippen molar-refractivity contribution in [3.63, 3.8) is 0 Å². The standard InChI is InChI=1S/C71H118O6/c1-4-7-10-13-15-17-19-21-23-25-27-29-31-33-35-37-39-41-43-45-47-49-51-53-55-58-61-64-70(73)76-67-68(66-75-69(72)63-60-57-12-9-6-3)77-71(74)65-62-59-56-54-52-50-48-46-44-42-40-38-36-34-32-30-28-26-24-22-20-18-16-14-11-8-5-2/h7-8,10-11,15-18,21-24,27-30,33-36,68H,4-6,9,12-14,19-20,25-26,31-32,37-67H2,1-3H3/b10-7-,11-8-,17-15-,18-16-,23-21-,24-22-,29-27-,30-28-,35-33-,36-34-. The van der Waals surface area contributed by atoms with Crippen molar-refractivity contribution in [2.75, 3.05) is 13.2 Å². The van der Waals surface area contributed by atoms with E-state index >= 15 is 0 Å². The molecular weight excluding hydrogens is 949 g/mol. The first kappa shape index (κ1) is 72.8. The predicted octanol–water partition coefficient (Wildman–Crippen LogP) is 22.0. The van der Waals surface area contributed by atoms with Crippen LogP contribution in [0.1, 0.15) is 290 Å². The van der Waals surface area contributed by atoms with Gasteiger partial charge in [0.1, 0.15) is 13.2 Å². The molecule has 438 valence electrons. The zero-order valence-corrected chi connectivity index (χ0v) is 50.2. The molecule has 6 heteroatoms. The molecule has 6 nitrogen and oxygen atoms in total. The van der Waals surface area contributed by atoms with Gasteiger partial charge in [-0.3, -0.25) is 14.4 Å². The third-order valence-corrected chi connectivity index (χ3v) is 13.5. The lowest BCUT2D eigenvalue weighted by Gasteiger charge is -2.18. The molecule has 0 N–H and O–H groups in total. The van der Waals surface area contributed by atoms with Gasteiger partial charge >= 0.3 is 17.9 Å². The topological polar surface area (TPSA) is 78.9 Å². The molecule has 0 bridgehead atoms. The highest BCUT2D eigenvalue weighted by Gasteiger charge is 2.19. The highest BCUT2D eigenvalue weighted by Crippen LogP contribution is 2.16. The average molecular weight is 1070 g/mol. The van der Waals surface area contributed by atoms with Gasteiger partial charge in [0.2, 0.25) is 0 Å². The predicted molar refractivity (Wildman–Crippen MR) is 334 cm³/mol. The van der Waals surface area contributed by atoms with E-state index in [9.17, 15) is 14.4 Å². The number of hydrogen-bond donors (Lipinski definition) is 0. The average Bonchev–Trinajstić information content (AvgIpc) is 3.43. The van der Waals surface area contributed by atoms with Crippen LogP contribution in [0.5, 0.6) is 0 Å². The van der Waals surface area contributed by atoms with E-state index in [4.69, 9.17) is 14.2 Å². The van der Waals surface area contributed by atoms with Crippen LogP contribution >= 0.6 is 0 Å². The minimum absolute atomic E-state index is 0.0811. The molecule has 0 heterocycles. The van der Waals surface area contributed by atoms with Crippen molar-refractivity contribution >= 4 is 17.9 Å². The van der Waals surface area contributed by atoms with Gasteiger partial charge in [-0.1, -0.05) is 284 Å². The van der Waals surface area contributed by atoms with Gasteiger partial charge in [0, 0.05) is 19.3 Å². The normalized spacial score (nSPS) is 12.9. The maximum atomic E-state index is 12.8. The van der Waals surface area contributed by atoms with Crippen molar-refractivity contribution < 1.29 is 28.6 Å². The van der Waals surface area contributed by atoms with Crippen molar-refractivity contribution in [1.29, 1.82) is 0 Å². The molecule has 0 amide bonds. The first-order chi connectivity index (χ1) is 38.0. The Labute approximate surface area is 475 Å². The summed E-state index contributed by atoms with van der Waals surface area (Å²) in [6.45, 7) is 6.34. The number of carbonyl (C=O) groups excluding carboxylic acids is 3. The van der Waals surface area contributed by atoms with Crippen LogP contribution in [-0.4, -0.2) is 37.2 Å². The number of hydrogen-bond acceptors (Lipinski definition) is 6. The molecule has 0 rings (SSSR count). The van der Waals surface area contributed by atoms with Gasteiger partial charge in [-0.2, -0.15) is 0 Å². The Bertz CT molecular complexity index is 1600. The number of carbonyl (C=O) groups is 3. The van der Waals surface area contributed by atoms with Crippen LogP contribution in [0.2, 0.25) is 0 Å². The molecule has 0 saturated heterocycles. The Morgan fingerprint density at radius 3 is 0.792 bits per heavy atom. The molecule has 77 heavy (non-hydrogen) atoms. The fraction of sp³-hybridized carbons (Fsp3) is 0.676. The van der Waals surface area contributed by atoms with Gasteiger partial charge < -0.3 is 14.2 Å². The second-order valence-corrected chi connectivity index (χ2v) is 20.9. The summed E-state index contributed by atoms with van der Waals surface area (Å²) in [7, 11) is 0. The van der Waals surface area contributed by atoms with E-state index in [1.165, 1.54) is 122 Å². The number of rotatable bonds is 57. The maximum Gasteiger partial charge on any atom is 0.306 e. The van der Waals surface area contributed by atoms with E-state index in [-0.39, 0.29) is 31.1 Å². The molecule has 0 radical (unpaired) electrons. The maximum absolute atomic E-state index is 12.8. The third kappa shape index (κ3) is 62.5. The van der Waals surface area contributed by atoms with Crippen LogP contribution in [-0.2, 0) is 28.6 Å². The molecule has 0 aromatic heterocycles. The van der Waals surface area contributed by atoms with Crippen LogP contribution in [0.15, 0.2) is 122 Å². The van der Waals surface area contributed by atoms with Crippen LogP contribution < -0.4 is 0 Å². The van der Waals surface area contributed by atoms with E-state index in [0.29, 0.717) is 19.3 Å². The lowest BCUT2D eigenvalue weighted by atomic mass is 10.0. The van der Waals surface area contributed by atoms with Crippen LogP contribution in [0.25, 0.3) is 0 Å². The molecule has 0 aliphatic carbocycles. The first-order valence-corrected chi connectivity index (χ1v) is 32.0. The van der Waals surface area contributed by atoms with Gasteiger partial charge in [-0.25, -0.2) is 0 Å². The van der Waals surface area contributed by atoms with Crippen molar-refractivity contribution in [2.45, 2.75) is 297 Å². The van der Waals surface area contributed by atoms with E-state index in [1.54, 1.807) is 0 Å². The Morgan fingerprint density at radius 1 is 0.273 bits per heavy atom. The number of esters is 3. The second-order valence-electron chi connectivity index (χ2n) is 20.9. The quantitative estimate of drug-likeness (QED) is 0.0261. The fourth-order valence-corrected chi connectivity index (χ4v) is 8.73. The first-order valence-electron chi connectivity index (χ1n) is 32.0. The lowest BCUT2D eigenvalue weighted by molar-refractivity contribution is -0.167. The molecule has 0 aliphatic heterocycles. The summed E-state index contributed by atoms with van der Waals surface area (Å²) in [5, 5.41) is 0. The summed E-state index contributed by atoms with van der Waals surface area (Å²) < 4.78 is 16.8. The Morgan fingerprint density at radius 2 is 0.506 bits per heavy atom. The molecule has 0 aliphatic rings. The highest BCUT2D eigenvalue weighted by molar-refractivity contribution is 5.71. The second kappa shape index (κ2) is 64.3. The van der Waals surface area contributed by atoms with E-state index in [0.717, 1.165) is 128 Å². The Kier molecular flexibility index (Phi) is 60.8. The van der Waals surface area contributed by atoms with Gasteiger partial charge in [0.15, 0.2) is 6.10 Å². The lowest BCUT2D eigenvalue weighted by Crippen LogP contribution is -2.30.